The average Bonchev–Trinajstić information content (AvgIpc) is 2.91. The molecule has 1 aromatic carbocycles. The Balaban J connectivity index is 2.26. The minimum Gasteiger partial charge on any atom is -0.330 e. The molecule has 0 aliphatic carbocycles. The van der Waals surface area contributed by atoms with Gasteiger partial charge in [0.05, 0.1) is 26.4 Å². The summed E-state index contributed by atoms with van der Waals surface area (Å²) in [5.74, 6) is -0.325. The van der Waals surface area contributed by atoms with Gasteiger partial charge >= 0.3 is 0 Å². The first-order valence-corrected chi connectivity index (χ1v) is 8.08. The van der Waals surface area contributed by atoms with Crippen LogP contribution in [-0.2, 0) is 6.54 Å². The molecule has 0 radical (unpaired) electrons. The normalized spacial score (nSPS) is 10.3. The zero-order chi connectivity index (χ0) is 17.0. The minimum absolute atomic E-state index is 0.0440. The summed E-state index contributed by atoms with van der Waals surface area (Å²) in [6.07, 6.45) is 1.60. The van der Waals surface area contributed by atoms with Crippen LogP contribution in [0.4, 0.5) is 5.69 Å². The maximum Gasteiger partial charge on any atom is 0.270 e. The number of halogens is 2. The summed E-state index contributed by atoms with van der Waals surface area (Å²) in [6, 6.07) is 7.39. The number of amides is 1. The molecule has 1 aromatic heterocycles. The van der Waals surface area contributed by atoms with Crippen molar-refractivity contribution >= 4 is 46.1 Å². The lowest BCUT2D eigenvalue weighted by atomic mass is 10.1. The summed E-state index contributed by atoms with van der Waals surface area (Å²) in [7, 11) is 0. The van der Waals surface area contributed by atoms with Gasteiger partial charge in [0.25, 0.3) is 11.6 Å². The predicted octanol–water partition coefficient (Wildman–Crippen LogP) is 4.79. The van der Waals surface area contributed by atoms with Crippen molar-refractivity contribution < 1.29 is 9.72 Å². The van der Waals surface area contributed by atoms with Crippen LogP contribution in [0.25, 0.3) is 0 Å². The first-order valence-electron chi connectivity index (χ1n) is 6.50. The molecule has 0 bridgehead atoms. The van der Waals surface area contributed by atoms with Gasteiger partial charge in [-0.2, -0.15) is 0 Å². The van der Waals surface area contributed by atoms with Crippen molar-refractivity contribution in [2.75, 3.05) is 6.54 Å². The Bertz CT molecular complexity index is 761. The molecule has 1 amide bonds. The number of nitrogens with zero attached hydrogens (tertiary/aromatic N) is 2. The average molecular weight is 371 g/mol. The third-order valence-corrected chi connectivity index (χ3v) is 4.53. The van der Waals surface area contributed by atoms with Gasteiger partial charge in [0.1, 0.15) is 0 Å². The van der Waals surface area contributed by atoms with Crippen LogP contribution in [0.2, 0.25) is 9.36 Å². The van der Waals surface area contributed by atoms with Crippen LogP contribution < -0.4 is 0 Å². The molecule has 1 heterocycles. The van der Waals surface area contributed by atoms with Crippen molar-refractivity contribution in [3.8, 4) is 0 Å². The highest BCUT2D eigenvalue weighted by molar-refractivity contribution is 7.16. The van der Waals surface area contributed by atoms with Gasteiger partial charge in [-0.25, -0.2) is 0 Å². The Morgan fingerprint density at radius 2 is 2.09 bits per heavy atom. The van der Waals surface area contributed by atoms with Gasteiger partial charge in [0, 0.05) is 23.6 Å². The number of carbonyl (C=O) groups excluding carboxylic acids is 1. The minimum atomic E-state index is -0.560. The SMILES string of the molecule is C=CCN(Cc1ccc(Cl)s1)C(=O)c1ccc([N+](=O)[O-])cc1Cl. The van der Waals surface area contributed by atoms with Gasteiger partial charge in [-0.1, -0.05) is 29.3 Å². The summed E-state index contributed by atoms with van der Waals surface area (Å²) >= 11 is 13.3. The Morgan fingerprint density at radius 3 is 2.61 bits per heavy atom. The summed E-state index contributed by atoms with van der Waals surface area (Å²) < 4.78 is 0.638. The van der Waals surface area contributed by atoms with Crippen LogP contribution in [0.15, 0.2) is 43.0 Å². The molecule has 0 aliphatic rings. The van der Waals surface area contributed by atoms with E-state index in [0.717, 1.165) is 4.88 Å². The smallest absolute Gasteiger partial charge is 0.270 e. The number of non-ortho nitro benzene ring substituents is 1. The molecule has 2 rings (SSSR count). The molecule has 0 atom stereocenters. The van der Waals surface area contributed by atoms with Gasteiger partial charge in [0.2, 0.25) is 0 Å². The van der Waals surface area contributed by atoms with Gasteiger partial charge in [-0.15, -0.1) is 17.9 Å². The summed E-state index contributed by atoms with van der Waals surface area (Å²) in [6.45, 7) is 4.32. The van der Waals surface area contributed by atoms with E-state index in [2.05, 4.69) is 6.58 Å². The van der Waals surface area contributed by atoms with E-state index >= 15 is 0 Å². The number of carbonyl (C=O) groups is 1. The van der Waals surface area contributed by atoms with E-state index in [4.69, 9.17) is 23.2 Å². The van der Waals surface area contributed by atoms with Gasteiger partial charge in [-0.05, 0) is 18.2 Å². The highest BCUT2D eigenvalue weighted by atomic mass is 35.5. The Morgan fingerprint density at radius 1 is 1.35 bits per heavy atom. The topological polar surface area (TPSA) is 63.5 Å². The summed E-state index contributed by atoms with van der Waals surface area (Å²) in [4.78, 5) is 25.3. The zero-order valence-electron chi connectivity index (χ0n) is 11.9. The van der Waals surface area contributed by atoms with Crippen molar-refractivity contribution in [3.63, 3.8) is 0 Å². The molecular formula is C15H12Cl2N2O3S. The second kappa shape index (κ2) is 7.59. The standard InChI is InChI=1S/C15H12Cl2N2O3S/c1-2-7-18(9-11-4-6-14(17)23-11)15(20)12-5-3-10(19(21)22)8-13(12)16/h2-6,8H,1,7,9H2. The fraction of sp³-hybridized carbons (Fsp3) is 0.133. The third kappa shape index (κ3) is 4.31. The van der Waals surface area contributed by atoms with Gasteiger partial charge in [0.15, 0.2) is 0 Å². The van der Waals surface area contributed by atoms with E-state index < -0.39 is 4.92 Å². The Labute approximate surface area is 146 Å². The molecule has 0 saturated heterocycles. The van der Waals surface area contributed by atoms with E-state index in [-0.39, 0.29) is 22.2 Å². The van der Waals surface area contributed by atoms with E-state index in [1.165, 1.54) is 29.5 Å². The largest absolute Gasteiger partial charge is 0.330 e. The highest BCUT2D eigenvalue weighted by Crippen LogP contribution is 2.26. The van der Waals surface area contributed by atoms with Crippen molar-refractivity contribution in [1.29, 1.82) is 0 Å². The molecule has 0 saturated carbocycles. The lowest BCUT2D eigenvalue weighted by Gasteiger charge is -2.21. The van der Waals surface area contributed by atoms with E-state index in [1.807, 2.05) is 6.07 Å². The molecule has 0 fully saturated rings. The van der Waals surface area contributed by atoms with Crippen LogP contribution >= 0.6 is 34.5 Å². The molecule has 2 aromatic rings. The highest BCUT2D eigenvalue weighted by Gasteiger charge is 2.20. The zero-order valence-corrected chi connectivity index (χ0v) is 14.2. The summed E-state index contributed by atoms with van der Waals surface area (Å²) in [5, 5.41) is 10.8. The molecule has 5 nitrogen and oxygen atoms in total. The summed E-state index contributed by atoms with van der Waals surface area (Å²) in [5.41, 5.74) is 0.0497. The predicted molar refractivity (Wildman–Crippen MR) is 92.4 cm³/mol. The molecule has 0 N–H and O–H groups in total. The number of nitro benzene ring substituents is 1. The first-order chi connectivity index (χ1) is 10.9. The Hall–Kier alpha value is -1.89. The molecule has 8 heteroatoms. The van der Waals surface area contributed by atoms with Gasteiger partial charge < -0.3 is 4.90 Å². The second-order valence-electron chi connectivity index (χ2n) is 4.60. The maximum absolute atomic E-state index is 12.6. The third-order valence-electron chi connectivity index (χ3n) is 3.01. The monoisotopic (exact) mass is 370 g/mol. The van der Waals surface area contributed by atoms with Crippen molar-refractivity contribution in [3.05, 3.63) is 72.9 Å². The van der Waals surface area contributed by atoms with Crippen molar-refractivity contribution in [2.24, 2.45) is 0 Å². The molecular weight excluding hydrogens is 359 g/mol. The van der Waals surface area contributed by atoms with E-state index in [1.54, 1.807) is 17.0 Å². The lowest BCUT2D eigenvalue weighted by Crippen LogP contribution is -2.30. The fourth-order valence-corrected chi connectivity index (χ4v) is 3.32. The van der Waals surface area contributed by atoms with Crippen LogP contribution in [0.3, 0.4) is 0 Å². The molecule has 0 spiro atoms. The molecule has 0 unspecified atom stereocenters. The lowest BCUT2D eigenvalue weighted by molar-refractivity contribution is -0.384. The maximum atomic E-state index is 12.6. The number of thiophene rings is 1. The van der Waals surface area contributed by atoms with E-state index in [9.17, 15) is 14.9 Å². The number of rotatable bonds is 6. The van der Waals surface area contributed by atoms with Crippen LogP contribution in [0.1, 0.15) is 15.2 Å². The fourth-order valence-electron chi connectivity index (χ4n) is 1.96. The Kier molecular flexibility index (Phi) is 5.76. The molecule has 0 aliphatic heterocycles. The van der Waals surface area contributed by atoms with E-state index in [0.29, 0.717) is 17.4 Å². The molecule has 120 valence electrons. The number of nitro groups is 1. The number of benzene rings is 1. The molecule has 23 heavy (non-hydrogen) atoms. The van der Waals surface area contributed by atoms with Crippen LogP contribution in [-0.4, -0.2) is 22.3 Å². The number of hydrogen-bond acceptors (Lipinski definition) is 4. The number of hydrogen-bond donors (Lipinski definition) is 0. The van der Waals surface area contributed by atoms with Crippen molar-refractivity contribution in [1.82, 2.24) is 4.90 Å². The second-order valence-corrected chi connectivity index (χ2v) is 6.81. The van der Waals surface area contributed by atoms with Crippen LogP contribution in [0.5, 0.6) is 0 Å². The first kappa shape index (κ1) is 17.5. The quantitative estimate of drug-likeness (QED) is 0.417. The van der Waals surface area contributed by atoms with Crippen molar-refractivity contribution in [2.45, 2.75) is 6.54 Å². The van der Waals surface area contributed by atoms with Gasteiger partial charge in [-0.3, -0.25) is 14.9 Å². The van der Waals surface area contributed by atoms with Crippen LogP contribution in [0, 0.1) is 10.1 Å².